The number of hydrogen-bond donors (Lipinski definition) is 4. The number of hydrogen-bond acceptors (Lipinski definition) is 3. The quantitative estimate of drug-likeness (QED) is 0.548. The monoisotopic (exact) mass is 388 g/mol. The number of carbonyl (C=O) groups excluding carboxylic acids is 3. The van der Waals surface area contributed by atoms with Gasteiger partial charge in [0.2, 0.25) is 5.91 Å². The molecule has 142 valence electrons. The molecule has 0 radical (unpaired) electrons. The Bertz CT molecular complexity index is 809. The first-order valence-corrected chi connectivity index (χ1v) is 8.85. The van der Waals surface area contributed by atoms with Crippen LogP contribution in [0.3, 0.4) is 0 Å². The van der Waals surface area contributed by atoms with E-state index < -0.39 is 6.03 Å². The number of nitrogens with one attached hydrogen (secondary N) is 4. The van der Waals surface area contributed by atoms with Crippen molar-refractivity contribution < 1.29 is 14.4 Å². The van der Waals surface area contributed by atoms with E-state index in [1.807, 2.05) is 0 Å². The third kappa shape index (κ3) is 6.63. The maximum Gasteiger partial charge on any atom is 0.323 e. The molecule has 2 rings (SSSR count). The lowest BCUT2D eigenvalue weighted by Crippen LogP contribution is -2.34. The molecular formula is C19H21ClN4O3. The van der Waals surface area contributed by atoms with E-state index >= 15 is 0 Å². The smallest absolute Gasteiger partial charge is 0.323 e. The number of rotatable bonds is 7. The van der Waals surface area contributed by atoms with Crippen molar-refractivity contribution in [3.63, 3.8) is 0 Å². The van der Waals surface area contributed by atoms with Gasteiger partial charge in [-0.05, 0) is 36.4 Å². The van der Waals surface area contributed by atoms with Crippen LogP contribution in [0.1, 0.15) is 23.7 Å². The Morgan fingerprint density at radius 2 is 1.56 bits per heavy atom. The maximum absolute atomic E-state index is 12.0. The number of benzene rings is 2. The molecule has 7 nitrogen and oxygen atoms in total. The molecule has 0 fully saturated rings. The van der Waals surface area contributed by atoms with Crippen molar-refractivity contribution in [3.8, 4) is 0 Å². The van der Waals surface area contributed by atoms with Crippen LogP contribution in [0.4, 0.5) is 16.2 Å². The summed E-state index contributed by atoms with van der Waals surface area (Å²) in [5, 5.41) is 11.1. The molecule has 2 aromatic rings. The van der Waals surface area contributed by atoms with Gasteiger partial charge in [0, 0.05) is 30.8 Å². The van der Waals surface area contributed by atoms with Gasteiger partial charge in [-0.3, -0.25) is 9.59 Å². The molecular weight excluding hydrogens is 368 g/mol. The molecule has 0 saturated carbocycles. The van der Waals surface area contributed by atoms with E-state index in [2.05, 4.69) is 21.3 Å². The summed E-state index contributed by atoms with van der Waals surface area (Å²) >= 11 is 5.99. The van der Waals surface area contributed by atoms with Crippen LogP contribution in [0, 0.1) is 0 Å². The first-order chi connectivity index (χ1) is 13.0. The van der Waals surface area contributed by atoms with Crippen molar-refractivity contribution >= 4 is 40.8 Å². The van der Waals surface area contributed by atoms with Crippen LogP contribution in [-0.4, -0.2) is 30.9 Å². The molecule has 0 unspecified atom stereocenters. The number of halogens is 1. The van der Waals surface area contributed by atoms with Gasteiger partial charge >= 0.3 is 6.03 Å². The van der Waals surface area contributed by atoms with E-state index in [0.717, 1.165) is 0 Å². The summed E-state index contributed by atoms with van der Waals surface area (Å²) in [5.41, 5.74) is 1.49. The van der Waals surface area contributed by atoms with E-state index in [-0.39, 0.29) is 11.8 Å². The molecule has 0 aromatic heterocycles. The Labute approximate surface area is 162 Å². The lowest BCUT2D eigenvalue weighted by Gasteiger charge is -2.10. The highest BCUT2D eigenvalue weighted by molar-refractivity contribution is 6.33. The van der Waals surface area contributed by atoms with Gasteiger partial charge in [-0.25, -0.2) is 4.79 Å². The lowest BCUT2D eigenvalue weighted by molar-refractivity contribution is -0.120. The summed E-state index contributed by atoms with van der Waals surface area (Å²) in [6.07, 6.45) is 0.409. The first kappa shape index (κ1) is 20.3. The second kappa shape index (κ2) is 10.2. The Hall–Kier alpha value is -3.06. The number of carbonyl (C=O) groups is 3. The van der Waals surface area contributed by atoms with Crippen molar-refractivity contribution in [1.29, 1.82) is 0 Å². The minimum atomic E-state index is -0.438. The van der Waals surface area contributed by atoms with E-state index in [4.69, 9.17) is 11.6 Å². The van der Waals surface area contributed by atoms with Gasteiger partial charge in [0.05, 0.1) is 10.7 Å². The van der Waals surface area contributed by atoms with Crippen LogP contribution < -0.4 is 21.3 Å². The zero-order valence-electron chi connectivity index (χ0n) is 14.8. The fourth-order valence-electron chi connectivity index (χ4n) is 2.16. The standard InChI is InChI=1S/C19H21ClN4O3/c1-2-17(25)21-11-12-22-18(26)13-7-9-14(10-8-13)23-19(27)24-16-6-4-3-5-15(16)20/h3-10H,2,11-12H2,1H3,(H,21,25)(H,22,26)(H2,23,24,27). The second-order valence-electron chi connectivity index (χ2n) is 5.60. The zero-order valence-corrected chi connectivity index (χ0v) is 15.6. The van der Waals surface area contributed by atoms with Crippen molar-refractivity contribution in [2.24, 2.45) is 0 Å². The Kier molecular flexibility index (Phi) is 7.63. The summed E-state index contributed by atoms with van der Waals surface area (Å²) in [4.78, 5) is 35.2. The highest BCUT2D eigenvalue weighted by Crippen LogP contribution is 2.20. The van der Waals surface area contributed by atoms with Crippen molar-refractivity contribution in [2.75, 3.05) is 23.7 Å². The molecule has 0 aliphatic heterocycles. The van der Waals surface area contributed by atoms with Gasteiger partial charge in [-0.2, -0.15) is 0 Å². The average molecular weight is 389 g/mol. The van der Waals surface area contributed by atoms with E-state index in [9.17, 15) is 14.4 Å². The van der Waals surface area contributed by atoms with Crippen molar-refractivity contribution in [2.45, 2.75) is 13.3 Å². The maximum atomic E-state index is 12.0. The van der Waals surface area contributed by atoms with E-state index in [0.29, 0.717) is 41.5 Å². The number of anilines is 2. The van der Waals surface area contributed by atoms with Crippen LogP contribution in [0.25, 0.3) is 0 Å². The fourth-order valence-corrected chi connectivity index (χ4v) is 2.34. The summed E-state index contributed by atoms with van der Waals surface area (Å²) in [6.45, 7) is 2.48. The predicted molar refractivity (Wildman–Crippen MR) is 106 cm³/mol. The van der Waals surface area contributed by atoms with Gasteiger partial charge in [0.1, 0.15) is 0 Å². The molecule has 0 aliphatic carbocycles. The Morgan fingerprint density at radius 1 is 0.889 bits per heavy atom. The van der Waals surface area contributed by atoms with Crippen LogP contribution in [0.15, 0.2) is 48.5 Å². The lowest BCUT2D eigenvalue weighted by atomic mass is 10.2. The average Bonchev–Trinajstić information content (AvgIpc) is 2.67. The topological polar surface area (TPSA) is 99.3 Å². The predicted octanol–water partition coefficient (Wildman–Crippen LogP) is 3.24. The molecule has 0 saturated heterocycles. The molecule has 8 heteroatoms. The number of amides is 4. The summed E-state index contributed by atoms with van der Waals surface area (Å²) < 4.78 is 0. The number of para-hydroxylation sites is 1. The molecule has 2 aromatic carbocycles. The Balaban J connectivity index is 1.82. The zero-order chi connectivity index (χ0) is 19.6. The van der Waals surface area contributed by atoms with Gasteiger partial charge in [-0.1, -0.05) is 30.7 Å². The van der Waals surface area contributed by atoms with Crippen LogP contribution >= 0.6 is 11.6 Å². The SMILES string of the molecule is CCC(=O)NCCNC(=O)c1ccc(NC(=O)Nc2ccccc2Cl)cc1. The summed E-state index contributed by atoms with van der Waals surface area (Å²) in [7, 11) is 0. The molecule has 0 aliphatic rings. The number of urea groups is 1. The molecule has 0 heterocycles. The fraction of sp³-hybridized carbons (Fsp3) is 0.211. The van der Waals surface area contributed by atoms with Crippen molar-refractivity contribution in [1.82, 2.24) is 10.6 Å². The largest absolute Gasteiger partial charge is 0.354 e. The van der Waals surface area contributed by atoms with Gasteiger partial charge in [0.25, 0.3) is 5.91 Å². The van der Waals surface area contributed by atoms with Crippen LogP contribution in [-0.2, 0) is 4.79 Å². The second-order valence-corrected chi connectivity index (χ2v) is 6.00. The summed E-state index contributed by atoms with van der Waals surface area (Å²) in [5.74, 6) is -0.317. The molecule has 4 N–H and O–H groups in total. The molecule has 0 spiro atoms. The van der Waals surface area contributed by atoms with E-state index in [1.165, 1.54) is 0 Å². The molecule has 27 heavy (non-hydrogen) atoms. The summed E-state index contributed by atoms with van der Waals surface area (Å²) in [6, 6.07) is 12.9. The van der Waals surface area contributed by atoms with Crippen LogP contribution in [0.2, 0.25) is 5.02 Å². The minimum absolute atomic E-state index is 0.0604. The molecule has 4 amide bonds. The third-order valence-corrected chi connectivity index (χ3v) is 3.91. The highest BCUT2D eigenvalue weighted by Gasteiger charge is 2.08. The Morgan fingerprint density at radius 3 is 2.22 bits per heavy atom. The van der Waals surface area contributed by atoms with Crippen LogP contribution in [0.5, 0.6) is 0 Å². The van der Waals surface area contributed by atoms with Gasteiger partial charge in [-0.15, -0.1) is 0 Å². The normalized spacial score (nSPS) is 10.0. The van der Waals surface area contributed by atoms with Gasteiger partial charge < -0.3 is 21.3 Å². The minimum Gasteiger partial charge on any atom is -0.354 e. The van der Waals surface area contributed by atoms with E-state index in [1.54, 1.807) is 55.5 Å². The molecule has 0 atom stereocenters. The first-order valence-electron chi connectivity index (χ1n) is 8.47. The van der Waals surface area contributed by atoms with Crippen molar-refractivity contribution in [3.05, 3.63) is 59.1 Å². The third-order valence-electron chi connectivity index (χ3n) is 3.58. The molecule has 0 bridgehead atoms. The highest BCUT2D eigenvalue weighted by atomic mass is 35.5. The van der Waals surface area contributed by atoms with Gasteiger partial charge in [0.15, 0.2) is 0 Å².